The standard InChI is InChI=1S/C36H30IN3O7S/c1-4-45-29-17-23(16-28(37)33(29)47-20-22-13-14-24-9-6-7-10-25(24)15-22)18-30-34(41)39-32(26-11-8-12-27(19-26)40(43)44)31(35(42)46-5-2)21(3)38-36(39)48-30/h6-19,32H,4-5,20H2,1-3H3/b30-18+/t32-/m1/s1. The first kappa shape index (κ1) is 33.1. The molecular weight excluding hydrogens is 745 g/mol. The van der Waals surface area contributed by atoms with Gasteiger partial charge >= 0.3 is 5.97 Å². The third kappa shape index (κ3) is 6.62. The van der Waals surface area contributed by atoms with Crippen molar-refractivity contribution in [3.63, 3.8) is 0 Å². The highest BCUT2D eigenvalue weighted by molar-refractivity contribution is 14.1. The molecular formula is C36H30IN3O7S. The number of halogens is 1. The van der Waals surface area contributed by atoms with Gasteiger partial charge in [0.25, 0.3) is 11.2 Å². The molecule has 0 saturated heterocycles. The van der Waals surface area contributed by atoms with Gasteiger partial charge in [0.2, 0.25) is 0 Å². The van der Waals surface area contributed by atoms with E-state index in [2.05, 4.69) is 51.8 Å². The van der Waals surface area contributed by atoms with E-state index in [4.69, 9.17) is 14.2 Å². The van der Waals surface area contributed by atoms with Gasteiger partial charge in [-0.15, -0.1) is 0 Å². The van der Waals surface area contributed by atoms with Crippen LogP contribution < -0.4 is 24.4 Å². The Kier molecular flexibility index (Phi) is 9.73. The second-order valence-corrected chi connectivity index (χ2v) is 13.1. The second kappa shape index (κ2) is 14.1. The summed E-state index contributed by atoms with van der Waals surface area (Å²) in [7, 11) is 0. The first-order chi connectivity index (χ1) is 23.2. The monoisotopic (exact) mass is 775 g/mol. The van der Waals surface area contributed by atoms with Crippen LogP contribution in [-0.2, 0) is 16.1 Å². The molecule has 0 saturated carbocycles. The number of nitrogens with zero attached hydrogens (tertiary/aromatic N) is 3. The number of nitro benzene ring substituents is 1. The lowest BCUT2D eigenvalue weighted by atomic mass is 9.95. The zero-order chi connectivity index (χ0) is 33.9. The smallest absolute Gasteiger partial charge is 0.338 e. The Morgan fingerprint density at radius 2 is 1.81 bits per heavy atom. The average molecular weight is 776 g/mol. The van der Waals surface area contributed by atoms with E-state index < -0.39 is 22.5 Å². The molecule has 0 amide bonds. The first-order valence-corrected chi connectivity index (χ1v) is 17.1. The summed E-state index contributed by atoms with van der Waals surface area (Å²) in [6, 6.07) is 23.1. The van der Waals surface area contributed by atoms with Crippen LogP contribution in [0.1, 0.15) is 43.5 Å². The number of carbonyl (C=O) groups is 1. The molecule has 0 aliphatic carbocycles. The molecule has 1 aliphatic rings. The number of benzene rings is 4. The average Bonchev–Trinajstić information content (AvgIpc) is 3.37. The first-order valence-electron chi connectivity index (χ1n) is 15.2. The van der Waals surface area contributed by atoms with Crippen molar-refractivity contribution in [1.82, 2.24) is 4.57 Å². The maximum atomic E-state index is 14.1. The summed E-state index contributed by atoms with van der Waals surface area (Å²) in [5.41, 5.74) is 2.10. The van der Waals surface area contributed by atoms with Crippen LogP contribution in [0.25, 0.3) is 16.8 Å². The zero-order valence-electron chi connectivity index (χ0n) is 26.3. The topological polar surface area (TPSA) is 122 Å². The van der Waals surface area contributed by atoms with Crippen molar-refractivity contribution in [1.29, 1.82) is 0 Å². The SMILES string of the molecule is CCOC(=O)C1=C(C)N=c2s/c(=C/c3cc(I)c(OCc4ccc5ccccc5c4)c(OCC)c3)c(=O)n2[C@@H]1c1cccc([N+](=O)[O-])c1. The van der Waals surface area contributed by atoms with Crippen molar-refractivity contribution in [2.75, 3.05) is 13.2 Å². The molecule has 0 unspecified atom stereocenters. The number of aromatic nitrogens is 1. The van der Waals surface area contributed by atoms with Crippen LogP contribution in [0.2, 0.25) is 0 Å². The summed E-state index contributed by atoms with van der Waals surface area (Å²) in [4.78, 5) is 43.3. The van der Waals surface area contributed by atoms with Gasteiger partial charge in [-0.25, -0.2) is 9.79 Å². The van der Waals surface area contributed by atoms with Crippen LogP contribution in [0.3, 0.4) is 0 Å². The Labute approximate surface area is 292 Å². The van der Waals surface area contributed by atoms with Crippen LogP contribution in [0.4, 0.5) is 5.69 Å². The molecule has 5 aromatic rings. The maximum absolute atomic E-state index is 14.1. The van der Waals surface area contributed by atoms with Gasteiger partial charge in [0.1, 0.15) is 6.61 Å². The van der Waals surface area contributed by atoms with Gasteiger partial charge in [-0.3, -0.25) is 19.5 Å². The fraction of sp³-hybridized carbons (Fsp3) is 0.194. The Balaban J connectivity index is 1.40. The van der Waals surface area contributed by atoms with Crippen molar-refractivity contribution in [3.05, 3.63) is 140 Å². The van der Waals surface area contributed by atoms with E-state index >= 15 is 0 Å². The van der Waals surface area contributed by atoms with Gasteiger partial charge in [-0.1, -0.05) is 59.9 Å². The fourth-order valence-corrected chi connectivity index (χ4v) is 7.45. The van der Waals surface area contributed by atoms with E-state index in [0.29, 0.717) is 50.9 Å². The highest BCUT2D eigenvalue weighted by Crippen LogP contribution is 2.36. The number of esters is 1. The molecule has 1 atom stereocenters. The summed E-state index contributed by atoms with van der Waals surface area (Å²) in [6.45, 7) is 6.11. The number of ether oxygens (including phenoxy) is 3. The number of carbonyl (C=O) groups excluding carboxylic acids is 1. The number of rotatable bonds is 10. The lowest BCUT2D eigenvalue weighted by molar-refractivity contribution is -0.384. The van der Waals surface area contributed by atoms with E-state index in [9.17, 15) is 19.7 Å². The predicted molar refractivity (Wildman–Crippen MR) is 192 cm³/mol. The molecule has 1 aromatic heterocycles. The van der Waals surface area contributed by atoms with Gasteiger partial charge in [-0.2, -0.15) is 0 Å². The van der Waals surface area contributed by atoms with Gasteiger partial charge in [-0.05, 0) is 95.1 Å². The molecule has 10 nitrogen and oxygen atoms in total. The maximum Gasteiger partial charge on any atom is 0.338 e. The number of hydrogen-bond acceptors (Lipinski definition) is 9. The number of non-ortho nitro benzene ring substituents is 1. The van der Waals surface area contributed by atoms with Crippen molar-refractivity contribution in [3.8, 4) is 11.5 Å². The largest absolute Gasteiger partial charge is 0.490 e. The Morgan fingerprint density at radius 3 is 2.56 bits per heavy atom. The van der Waals surface area contributed by atoms with Crippen molar-refractivity contribution in [2.45, 2.75) is 33.4 Å². The lowest BCUT2D eigenvalue weighted by Crippen LogP contribution is -2.40. The molecule has 1 aliphatic heterocycles. The molecule has 2 heterocycles. The summed E-state index contributed by atoms with van der Waals surface area (Å²) in [5.74, 6) is 0.503. The number of thiazole rings is 1. The van der Waals surface area contributed by atoms with Crippen molar-refractivity contribution >= 4 is 62.4 Å². The number of nitro groups is 1. The highest BCUT2D eigenvalue weighted by Gasteiger charge is 2.34. The van der Waals surface area contributed by atoms with E-state index in [1.165, 1.54) is 34.1 Å². The van der Waals surface area contributed by atoms with Crippen LogP contribution >= 0.6 is 33.9 Å². The molecule has 0 bridgehead atoms. The van der Waals surface area contributed by atoms with Gasteiger partial charge in [0.05, 0.1) is 43.6 Å². The van der Waals surface area contributed by atoms with Crippen LogP contribution in [-0.4, -0.2) is 28.7 Å². The van der Waals surface area contributed by atoms with E-state index in [0.717, 1.165) is 19.9 Å². The molecule has 0 N–H and O–H groups in total. The molecule has 12 heteroatoms. The van der Waals surface area contributed by atoms with Crippen molar-refractivity contribution < 1.29 is 23.9 Å². The van der Waals surface area contributed by atoms with Gasteiger partial charge < -0.3 is 14.2 Å². The highest BCUT2D eigenvalue weighted by atomic mass is 127. The summed E-state index contributed by atoms with van der Waals surface area (Å²) >= 11 is 3.37. The Bertz CT molecular complexity index is 2290. The second-order valence-electron chi connectivity index (χ2n) is 10.9. The third-order valence-corrected chi connectivity index (χ3v) is 9.52. The molecule has 0 radical (unpaired) electrons. The van der Waals surface area contributed by atoms with Crippen LogP contribution in [0.5, 0.6) is 11.5 Å². The van der Waals surface area contributed by atoms with E-state index in [-0.39, 0.29) is 17.9 Å². The molecule has 244 valence electrons. The van der Waals surface area contributed by atoms with Crippen LogP contribution in [0, 0.1) is 13.7 Å². The normalized spacial score (nSPS) is 14.4. The van der Waals surface area contributed by atoms with Gasteiger partial charge in [0, 0.05) is 12.1 Å². The van der Waals surface area contributed by atoms with Gasteiger partial charge in [0.15, 0.2) is 16.3 Å². The molecule has 4 aromatic carbocycles. The number of allylic oxidation sites excluding steroid dienone is 1. The summed E-state index contributed by atoms with van der Waals surface area (Å²) < 4.78 is 20.2. The summed E-state index contributed by atoms with van der Waals surface area (Å²) in [5, 5.41) is 13.9. The predicted octanol–water partition coefficient (Wildman–Crippen LogP) is 6.44. The summed E-state index contributed by atoms with van der Waals surface area (Å²) in [6.07, 6.45) is 1.75. The molecule has 48 heavy (non-hydrogen) atoms. The van der Waals surface area contributed by atoms with Crippen molar-refractivity contribution in [2.24, 2.45) is 4.99 Å². The van der Waals surface area contributed by atoms with E-state index in [1.54, 1.807) is 26.0 Å². The number of fused-ring (bicyclic) bond motifs is 2. The minimum Gasteiger partial charge on any atom is -0.490 e. The molecule has 6 rings (SSSR count). The number of hydrogen-bond donors (Lipinski definition) is 0. The minimum atomic E-state index is -0.965. The Morgan fingerprint density at radius 1 is 1.02 bits per heavy atom. The molecule has 0 fully saturated rings. The van der Waals surface area contributed by atoms with Crippen LogP contribution in [0.15, 0.2) is 99.9 Å². The Hall–Kier alpha value is -4.82. The third-order valence-electron chi connectivity index (χ3n) is 7.74. The quantitative estimate of drug-likeness (QED) is 0.0693. The zero-order valence-corrected chi connectivity index (χ0v) is 29.2. The minimum absolute atomic E-state index is 0.116. The lowest BCUT2D eigenvalue weighted by Gasteiger charge is -2.24. The van der Waals surface area contributed by atoms with E-state index in [1.807, 2.05) is 37.3 Å². The fourth-order valence-electron chi connectivity index (χ4n) is 5.63. The molecule has 0 spiro atoms.